The van der Waals surface area contributed by atoms with Crippen LogP contribution in [0.4, 0.5) is 5.69 Å². The second-order valence-corrected chi connectivity index (χ2v) is 5.87. The topological polar surface area (TPSA) is 61.1 Å². The first kappa shape index (κ1) is 16.1. The average molecular weight is 326 g/mol. The van der Waals surface area contributed by atoms with E-state index in [9.17, 15) is 4.79 Å². The normalized spacial score (nSPS) is 11.0. The third kappa shape index (κ3) is 2.87. The van der Waals surface area contributed by atoms with Crippen LogP contribution in [-0.4, -0.2) is 27.2 Å². The number of aryl methyl sites for hydroxylation is 1. The number of aromatic nitrogens is 3. The Hall–Kier alpha value is -2.76. The lowest BCUT2D eigenvalue weighted by Crippen LogP contribution is -2.10. The van der Waals surface area contributed by atoms with Gasteiger partial charge in [-0.15, -0.1) is 0 Å². The van der Waals surface area contributed by atoms with E-state index in [2.05, 4.69) is 21.8 Å². The van der Waals surface area contributed by atoms with Gasteiger partial charge in [-0.1, -0.05) is 6.07 Å². The van der Waals surface area contributed by atoms with Crippen LogP contribution in [0.15, 0.2) is 30.5 Å². The molecule has 0 aliphatic rings. The Morgan fingerprint density at radius 1 is 1.29 bits per heavy atom. The molecule has 0 bridgehead atoms. The van der Waals surface area contributed by atoms with Crippen LogP contribution >= 0.6 is 0 Å². The predicted molar refractivity (Wildman–Crippen MR) is 94.0 cm³/mol. The fraction of sp³-hybridized carbons (Fsp3) is 0.333. The van der Waals surface area contributed by atoms with Crippen molar-refractivity contribution in [3.8, 4) is 0 Å². The molecule has 3 rings (SSSR count). The van der Waals surface area contributed by atoms with Crippen LogP contribution in [0.2, 0.25) is 0 Å². The van der Waals surface area contributed by atoms with Gasteiger partial charge in [-0.05, 0) is 32.0 Å². The molecule has 0 saturated carbocycles. The third-order valence-corrected chi connectivity index (χ3v) is 4.49. The van der Waals surface area contributed by atoms with Gasteiger partial charge >= 0.3 is 5.97 Å². The number of hydrogen-bond donors (Lipinski definition) is 1. The number of nitrogens with one attached hydrogen (secondary N) is 1. The van der Waals surface area contributed by atoms with E-state index in [4.69, 9.17) is 4.74 Å². The van der Waals surface area contributed by atoms with E-state index < -0.39 is 0 Å². The molecule has 0 aliphatic heterocycles. The van der Waals surface area contributed by atoms with E-state index >= 15 is 0 Å². The molecule has 126 valence electrons. The van der Waals surface area contributed by atoms with Gasteiger partial charge in [0.25, 0.3) is 0 Å². The molecule has 0 saturated heterocycles. The van der Waals surface area contributed by atoms with Crippen molar-refractivity contribution in [1.82, 2.24) is 14.1 Å². The van der Waals surface area contributed by atoms with E-state index in [0.29, 0.717) is 6.54 Å². The Kier molecular flexibility index (Phi) is 4.29. The lowest BCUT2D eigenvalue weighted by Gasteiger charge is -2.09. The number of fused-ring (bicyclic) bond motifs is 1. The number of rotatable bonds is 5. The molecule has 0 spiro atoms. The molecule has 0 amide bonds. The Morgan fingerprint density at radius 3 is 2.75 bits per heavy atom. The highest BCUT2D eigenvalue weighted by Crippen LogP contribution is 2.25. The van der Waals surface area contributed by atoms with Crippen LogP contribution in [0.3, 0.4) is 0 Å². The van der Waals surface area contributed by atoms with Gasteiger partial charge in [-0.25, -0.2) is 4.98 Å². The maximum atomic E-state index is 11.5. The number of imidazole rings is 1. The van der Waals surface area contributed by atoms with Crippen LogP contribution in [-0.2, 0) is 29.7 Å². The number of nitrogens with zero attached hydrogens (tertiary/aromatic N) is 3. The van der Waals surface area contributed by atoms with Gasteiger partial charge in [0.2, 0.25) is 0 Å². The Morgan fingerprint density at radius 2 is 2.08 bits per heavy atom. The molecule has 0 atom stereocenters. The standard InChI is InChI=1S/C18H22N4O2/c1-12-13(2)21(3)17(20-12)10-19-15-6-5-7-16-14(15)8-9-22(16)11-18(23)24-4/h5-9,19H,10-11H2,1-4H3. The number of esters is 1. The molecule has 0 fully saturated rings. The zero-order valence-corrected chi connectivity index (χ0v) is 14.5. The summed E-state index contributed by atoms with van der Waals surface area (Å²) in [6.45, 7) is 4.94. The van der Waals surface area contributed by atoms with Crippen molar-refractivity contribution >= 4 is 22.6 Å². The summed E-state index contributed by atoms with van der Waals surface area (Å²) in [7, 11) is 3.43. The minimum atomic E-state index is -0.259. The van der Waals surface area contributed by atoms with Crippen LogP contribution in [0, 0.1) is 13.8 Å². The van der Waals surface area contributed by atoms with Crippen LogP contribution in [0.1, 0.15) is 17.2 Å². The lowest BCUT2D eigenvalue weighted by atomic mass is 10.2. The van der Waals surface area contributed by atoms with E-state index in [1.807, 2.05) is 49.0 Å². The Labute approximate surface area is 141 Å². The van der Waals surface area contributed by atoms with Gasteiger partial charge in [0.05, 0.1) is 24.9 Å². The van der Waals surface area contributed by atoms with Gasteiger partial charge in [-0.2, -0.15) is 0 Å². The first-order chi connectivity index (χ1) is 11.5. The molecule has 1 aromatic carbocycles. The van der Waals surface area contributed by atoms with E-state index in [1.165, 1.54) is 12.8 Å². The monoisotopic (exact) mass is 326 g/mol. The number of benzene rings is 1. The molecule has 2 aromatic heterocycles. The third-order valence-electron chi connectivity index (χ3n) is 4.49. The summed E-state index contributed by atoms with van der Waals surface area (Å²) < 4.78 is 8.74. The molecule has 24 heavy (non-hydrogen) atoms. The summed E-state index contributed by atoms with van der Waals surface area (Å²) >= 11 is 0. The Bertz CT molecular complexity index is 892. The van der Waals surface area contributed by atoms with Crippen LogP contribution in [0.5, 0.6) is 0 Å². The summed E-state index contributed by atoms with van der Waals surface area (Å²) in [4.78, 5) is 16.1. The fourth-order valence-electron chi connectivity index (χ4n) is 2.84. The van der Waals surface area contributed by atoms with E-state index in [1.54, 1.807) is 0 Å². The molecule has 6 heteroatoms. The Balaban J connectivity index is 1.85. The minimum Gasteiger partial charge on any atom is -0.468 e. The summed E-state index contributed by atoms with van der Waals surface area (Å²) in [6.07, 6.45) is 1.90. The maximum absolute atomic E-state index is 11.5. The summed E-state index contributed by atoms with van der Waals surface area (Å²) in [5, 5.41) is 4.53. The van der Waals surface area contributed by atoms with Crippen molar-refractivity contribution in [3.63, 3.8) is 0 Å². The molecular formula is C18H22N4O2. The molecule has 0 aliphatic carbocycles. The SMILES string of the molecule is COC(=O)Cn1ccc2c(NCc3nc(C)c(C)n3C)cccc21. The van der Waals surface area contributed by atoms with Crippen molar-refractivity contribution in [2.45, 2.75) is 26.9 Å². The minimum absolute atomic E-state index is 0.210. The molecule has 2 heterocycles. The van der Waals surface area contributed by atoms with Crippen molar-refractivity contribution in [3.05, 3.63) is 47.7 Å². The number of carbonyl (C=O) groups excluding carboxylic acids is 1. The van der Waals surface area contributed by atoms with E-state index in [-0.39, 0.29) is 12.5 Å². The lowest BCUT2D eigenvalue weighted by molar-refractivity contribution is -0.141. The van der Waals surface area contributed by atoms with Gasteiger partial charge in [0, 0.05) is 30.0 Å². The van der Waals surface area contributed by atoms with Gasteiger partial charge in [0.1, 0.15) is 12.4 Å². The first-order valence-corrected chi connectivity index (χ1v) is 7.88. The quantitative estimate of drug-likeness (QED) is 0.733. The number of ether oxygens (including phenoxy) is 1. The number of methoxy groups -OCH3 is 1. The van der Waals surface area contributed by atoms with Crippen molar-refractivity contribution in [2.24, 2.45) is 7.05 Å². The first-order valence-electron chi connectivity index (χ1n) is 7.88. The molecule has 6 nitrogen and oxygen atoms in total. The molecule has 0 unspecified atom stereocenters. The fourth-order valence-corrected chi connectivity index (χ4v) is 2.84. The highest BCUT2D eigenvalue weighted by atomic mass is 16.5. The van der Waals surface area contributed by atoms with Crippen LogP contribution in [0.25, 0.3) is 10.9 Å². The summed E-state index contributed by atoms with van der Waals surface area (Å²) in [5.41, 5.74) is 4.25. The van der Waals surface area contributed by atoms with E-state index in [0.717, 1.165) is 28.1 Å². The number of anilines is 1. The number of hydrogen-bond acceptors (Lipinski definition) is 4. The largest absolute Gasteiger partial charge is 0.468 e. The molecule has 3 aromatic rings. The van der Waals surface area contributed by atoms with Crippen molar-refractivity contribution in [1.29, 1.82) is 0 Å². The second kappa shape index (κ2) is 6.39. The summed E-state index contributed by atoms with van der Waals surface area (Å²) in [6, 6.07) is 8.02. The molecule has 0 radical (unpaired) electrons. The van der Waals surface area contributed by atoms with Gasteiger partial charge in [-0.3, -0.25) is 4.79 Å². The highest BCUT2D eigenvalue weighted by Gasteiger charge is 2.11. The molecule has 1 N–H and O–H groups in total. The maximum Gasteiger partial charge on any atom is 0.325 e. The number of carbonyl (C=O) groups is 1. The summed E-state index contributed by atoms with van der Waals surface area (Å²) in [5.74, 6) is 0.737. The van der Waals surface area contributed by atoms with Crippen LogP contribution < -0.4 is 5.32 Å². The zero-order valence-electron chi connectivity index (χ0n) is 14.5. The zero-order chi connectivity index (χ0) is 17.3. The molecular weight excluding hydrogens is 304 g/mol. The predicted octanol–water partition coefficient (Wildman–Crippen LogP) is 2.78. The van der Waals surface area contributed by atoms with Crippen molar-refractivity contribution in [2.75, 3.05) is 12.4 Å². The smallest absolute Gasteiger partial charge is 0.325 e. The van der Waals surface area contributed by atoms with Gasteiger partial charge in [0.15, 0.2) is 0 Å². The average Bonchev–Trinajstić information content (AvgIpc) is 3.10. The second-order valence-electron chi connectivity index (χ2n) is 5.87. The van der Waals surface area contributed by atoms with Crippen molar-refractivity contribution < 1.29 is 9.53 Å². The van der Waals surface area contributed by atoms with Gasteiger partial charge < -0.3 is 19.2 Å². The highest BCUT2D eigenvalue weighted by molar-refractivity contribution is 5.93.